The lowest BCUT2D eigenvalue weighted by Gasteiger charge is -2.09. The smallest absolute Gasteiger partial charge is 0.234 e. The van der Waals surface area contributed by atoms with Crippen LogP contribution >= 0.6 is 23.4 Å². The summed E-state index contributed by atoms with van der Waals surface area (Å²) >= 11 is 7.31. The normalized spacial score (nSPS) is 12.2. The van der Waals surface area contributed by atoms with Crippen molar-refractivity contribution in [3.63, 3.8) is 0 Å². The molecule has 88 valence electrons. The van der Waals surface area contributed by atoms with E-state index < -0.39 is 0 Å². The van der Waals surface area contributed by atoms with Gasteiger partial charge < -0.3 is 11.1 Å². The minimum atomic E-state index is -0.0970. The Hall–Kier alpha value is -0.780. The predicted molar refractivity (Wildman–Crippen MR) is 68.9 cm³/mol. The van der Waals surface area contributed by atoms with Gasteiger partial charge in [0.15, 0.2) is 5.15 Å². The number of anilines is 1. The van der Waals surface area contributed by atoms with Gasteiger partial charge in [0.25, 0.3) is 0 Å². The summed E-state index contributed by atoms with van der Waals surface area (Å²) in [5, 5.41) is 3.27. The van der Waals surface area contributed by atoms with Crippen molar-refractivity contribution >= 4 is 35.0 Å². The highest BCUT2D eigenvalue weighted by molar-refractivity contribution is 8.00. The van der Waals surface area contributed by atoms with Crippen LogP contribution < -0.4 is 11.1 Å². The lowest BCUT2D eigenvalue weighted by atomic mass is 10.4. The van der Waals surface area contributed by atoms with E-state index in [9.17, 15) is 4.79 Å². The third-order valence-electron chi connectivity index (χ3n) is 1.86. The fourth-order valence-corrected chi connectivity index (χ4v) is 1.76. The number of aromatic nitrogens is 1. The average Bonchev–Trinajstić information content (AvgIpc) is 2.29. The molecule has 4 nitrogen and oxygen atoms in total. The Labute approximate surface area is 104 Å². The molecular weight excluding hydrogens is 246 g/mol. The van der Waals surface area contributed by atoms with Crippen LogP contribution in [0, 0.1) is 0 Å². The minimum Gasteiger partial charge on any atom is -0.329 e. The molecular formula is C10H14ClN3OS. The average molecular weight is 260 g/mol. The number of hydrogen-bond donors (Lipinski definition) is 2. The van der Waals surface area contributed by atoms with E-state index in [4.69, 9.17) is 17.3 Å². The van der Waals surface area contributed by atoms with Crippen LogP contribution in [0.5, 0.6) is 0 Å². The van der Waals surface area contributed by atoms with Crippen LogP contribution in [-0.4, -0.2) is 28.4 Å². The fourth-order valence-electron chi connectivity index (χ4n) is 0.952. The molecule has 1 amide bonds. The van der Waals surface area contributed by atoms with Gasteiger partial charge in [0.2, 0.25) is 5.91 Å². The SMILES string of the molecule is CC(CN)SCC(=O)Nc1cccnc1Cl. The Morgan fingerprint density at radius 2 is 2.50 bits per heavy atom. The summed E-state index contributed by atoms with van der Waals surface area (Å²) in [7, 11) is 0. The number of nitrogens with two attached hydrogens (primary N) is 1. The maximum atomic E-state index is 11.5. The maximum absolute atomic E-state index is 11.5. The zero-order valence-electron chi connectivity index (χ0n) is 8.94. The monoisotopic (exact) mass is 259 g/mol. The van der Waals surface area contributed by atoms with Gasteiger partial charge in [0.05, 0.1) is 11.4 Å². The molecule has 0 aliphatic rings. The first-order valence-electron chi connectivity index (χ1n) is 4.85. The number of nitrogens with one attached hydrogen (secondary N) is 1. The first-order chi connectivity index (χ1) is 7.63. The number of halogens is 1. The second kappa shape index (κ2) is 6.73. The Bertz CT molecular complexity index is 362. The molecule has 0 saturated heterocycles. The lowest BCUT2D eigenvalue weighted by molar-refractivity contribution is -0.113. The van der Waals surface area contributed by atoms with E-state index in [2.05, 4.69) is 10.3 Å². The van der Waals surface area contributed by atoms with E-state index in [1.807, 2.05) is 6.92 Å². The quantitative estimate of drug-likeness (QED) is 0.791. The van der Waals surface area contributed by atoms with Crippen molar-refractivity contribution < 1.29 is 4.79 Å². The first kappa shape index (κ1) is 13.3. The highest BCUT2D eigenvalue weighted by Gasteiger charge is 2.08. The summed E-state index contributed by atoms with van der Waals surface area (Å²) in [5.74, 6) is 0.268. The van der Waals surface area contributed by atoms with Crippen molar-refractivity contribution in [2.24, 2.45) is 5.73 Å². The molecule has 0 spiro atoms. The molecule has 0 bridgehead atoms. The van der Waals surface area contributed by atoms with Crippen LogP contribution in [0.25, 0.3) is 0 Å². The lowest BCUT2D eigenvalue weighted by Crippen LogP contribution is -2.19. The molecule has 1 rings (SSSR count). The number of thioether (sulfide) groups is 1. The highest BCUT2D eigenvalue weighted by Crippen LogP contribution is 2.18. The molecule has 0 aliphatic carbocycles. The fraction of sp³-hybridized carbons (Fsp3) is 0.400. The van der Waals surface area contributed by atoms with Crippen LogP contribution in [0.2, 0.25) is 5.15 Å². The Balaban J connectivity index is 2.43. The third kappa shape index (κ3) is 4.38. The molecule has 0 saturated carbocycles. The third-order valence-corrected chi connectivity index (χ3v) is 3.36. The van der Waals surface area contributed by atoms with E-state index in [1.54, 1.807) is 18.3 Å². The zero-order valence-corrected chi connectivity index (χ0v) is 10.5. The molecule has 6 heteroatoms. The Kier molecular flexibility index (Phi) is 5.59. The maximum Gasteiger partial charge on any atom is 0.234 e. The van der Waals surface area contributed by atoms with Gasteiger partial charge in [-0.2, -0.15) is 0 Å². The summed E-state index contributed by atoms with van der Waals surface area (Å²) in [6.45, 7) is 2.54. The second-order valence-electron chi connectivity index (χ2n) is 3.25. The summed E-state index contributed by atoms with van der Waals surface area (Å²) < 4.78 is 0. The van der Waals surface area contributed by atoms with Gasteiger partial charge in [-0.15, -0.1) is 11.8 Å². The number of carbonyl (C=O) groups excluding carboxylic acids is 1. The van der Waals surface area contributed by atoms with Crippen LogP contribution in [0.1, 0.15) is 6.92 Å². The number of carbonyl (C=O) groups is 1. The molecule has 1 aromatic rings. The van der Waals surface area contributed by atoms with Crippen molar-refractivity contribution in [1.82, 2.24) is 4.98 Å². The van der Waals surface area contributed by atoms with Crippen molar-refractivity contribution in [2.75, 3.05) is 17.6 Å². The molecule has 1 atom stereocenters. The van der Waals surface area contributed by atoms with Crippen LogP contribution in [0.4, 0.5) is 5.69 Å². The van der Waals surface area contributed by atoms with Gasteiger partial charge in [-0.1, -0.05) is 18.5 Å². The minimum absolute atomic E-state index is 0.0970. The van der Waals surface area contributed by atoms with Gasteiger partial charge >= 0.3 is 0 Å². The van der Waals surface area contributed by atoms with E-state index in [1.165, 1.54) is 11.8 Å². The standard InChI is InChI=1S/C10H14ClN3OS/c1-7(5-12)16-6-9(15)14-8-3-2-4-13-10(8)11/h2-4,7H,5-6,12H2,1H3,(H,14,15). The summed E-state index contributed by atoms with van der Waals surface area (Å²) in [6, 6.07) is 3.43. The van der Waals surface area contributed by atoms with Gasteiger partial charge in [0.1, 0.15) is 0 Å². The number of amides is 1. The number of hydrogen-bond acceptors (Lipinski definition) is 4. The molecule has 0 aliphatic heterocycles. The van der Waals surface area contributed by atoms with Crippen molar-refractivity contribution in [2.45, 2.75) is 12.2 Å². The van der Waals surface area contributed by atoms with Crippen molar-refractivity contribution in [3.8, 4) is 0 Å². The molecule has 0 aromatic carbocycles. The number of rotatable bonds is 5. The molecule has 16 heavy (non-hydrogen) atoms. The summed E-state index contributed by atoms with van der Waals surface area (Å²) in [5.41, 5.74) is 5.99. The van der Waals surface area contributed by atoms with Crippen molar-refractivity contribution in [3.05, 3.63) is 23.5 Å². The van der Waals surface area contributed by atoms with Crippen LogP contribution in [0.3, 0.4) is 0 Å². The second-order valence-corrected chi connectivity index (χ2v) is 5.03. The molecule has 0 radical (unpaired) electrons. The largest absolute Gasteiger partial charge is 0.329 e. The predicted octanol–water partition coefficient (Wildman–Crippen LogP) is 1.75. The molecule has 1 unspecified atom stereocenters. The number of pyridine rings is 1. The van der Waals surface area contributed by atoms with E-state index in [0.717, 1.165) is 0 Å². The van der Waals surface area contributed by atoms with Crippen molar-refractivity contribution in [1.29, 1.82) is 0 Å². The summed E-state index contributed by atoms with van der Waals surface area (Å²) in [6.07, 6.45) is 1.57. The van der Waals surface area contributed by atoms with Gasteiger partial charge in [-0.25, -0.2) is 4.98 Å². The Morgan fingerprint density at radius 3 is 3.12 bits per heavy atom. The zero-order chi connectivity index (χ0) is 12.0. The van der Waals surface area contributed by atoms with Crippen LogP contribution in [0.15, 0.2) is 18.3 Å². The highest BCUT2D eigenvalue weighted by atomic mass is 35.5. The van der Waals surface area contributed by atoms with Crippen LogP contribution in [-0.2, 0) is 4.79 Å². The first-order valence-corrected chi connectivity index (χ1v) is 6.28. The molecule has 0 fully saturated rings. The summed E-state index contributed by atoms with van der Waals surface area (Å²) in [4.78, 5) is 15.4. The van der Waals surface area contributed by atoms with E-state index in [-0.39, 0.29) is 11.2 Å². The molecule has 1 aromatic heterocycles. The van der Waals surface area contributed by atoms with Gasteiger partial charge in [-0.3, -0.25) is 4.79 Å². The molecule has 1 heterocycles. The van der Waals surface area contributed by atoms with Gasteiger partial charge in [0, 0.05) is 18.0 Å². The Morgan fingerprint density at radius 1 is 1.75 bits per heavy atom. The number of nitrogens with zero attached hydrogens (tertiary/aromatic N) is 1. The van der Waals surface area contributed by atoms with E-state index >= 15 is 0 Å². The molecule has 3 N–H and O–H groups in total. The van der Waals surface area contributed by atoms with Gasteiger partial charge in [-0.05, 0) is 12.1 Å². The topological polar surface area (TPSA) is 68.0 Å². The van der Waals surface area contributed by atoms with E-state index in [0.29, 0.717) is 23.1 Å².